The lowest BCUT2D eigenvalue weighted by molar-refractivity contribution is -0.135. The fourth-order valence-corrected chi connectivity index (χ4v) is 3.69. The fraction of sp³-hybridized carbons (Fsp3) is 0.706. The molecule has 2 aliphatic rings. The first-order valence-corrected chi connectivity index (χ1v) is 8.86. The molecule has 0 aliphatic carbocycles. The number of nitrogens with zero attached hydrogens (tertiary/aromatic N) is 4. The Hall–Kier alpha value is -1.77. The maximum Gasteiger partial charge on any atom is 0.347 e. The van der Waals surface area contributed by atoms with Gasteiger partial charge in [-0.05, 0) is 24.3 Å². The molecule has 3 rings (SSSR count). The minimum Gasteiger partial charge on any atom is -0.396 e. The first kappa shape index (κ1) is 18.0. The number of hydrogen-bond donors (Lipinski definition) is 1. The average Bonchev–Trinajstić information content (AvgIpc) is 2.64. The van der Waals surface area contributed by atoms with Gasteiger partial charge in [0.15, 0.2) is 0 Å². The minimum absolute atomic E-state index is 0.00486. The van der Waals surface area contributed by atoms with Crippen molar-refractivity contribution >= 4 is 5.91 Å². The molecule has 0 radical (unpaired) electrons. The largest absolute Gasteiger partial charge is 0.396 e. The van der Waals surface area contributed by atoms with Gasteiger partial charge in [-0.2, -0.15) is 0 Å². The standard InChI is InChI=1S/C17H26N4O4/c22-13-15-8-14(9-19-4-6-25-7-5-19)10-21(11-15)16(23)12-20-3-1-2-18-17(20)24/h1-3,14-15,22H,4-13H2/t14-,15+/m1/s1. The Morgan fingerprint density at radius 3 is 2.76 bits per heavy atom. The topological polar surface area (TPSA) is 87.9 Å². The van der Waals surface area contributed by atoms with Crippen LogP contribution < -0.4 is 5.69 Å². The molecule has 1 N–H and O–H groups in total. The van der Waals surface area contributed by atoms with Crippen molar-refractivity contribution in [2.45, 2.75) is 13.0 Å². The van der Waals surface area contributed by atoms with Crippen molar-refractivity contribution in [1.29, 1.82) is 0 Å². The quantitative estimate of drug-likeness (QED) is 0.735. The van der Waals surface area contributed by atoms with Crippen molar-refractivity contribution in [1.82, 2.24) is 19.4 Å². The predicted molar refractivity (Wildman–Crippen MR) is 91.0 cm³/mol. The number of amides is 1. The number of aromatic nitrogens is 2. The van der Waals surface area contributed by atoms with Crippen molar-refractivity contribution < 1.29 is 14.6 Å². The van der Waals surface area contributed by atoms with E-state index in [9.17, 15) is 14.7 Å². The van der Waals surface area contributed by atoms with Crippen molar-refractivity contribution in [3.63, 3.8) is 0 Å². The van der Waals surface area contributed by atoms with Crippen LogP contribution in [-0.2, 0) is 16.1 Å². The van der Waals surface area contributed by atoms with Gasteiger partial charge in [-0.25, -0.2) is 9.78 Å². The highest BCUT2D eigenvalue weighted by Gasteiger charge is 2.31. The first-order valence-electron chi connectivity index (χ1n) is 8.86. The van der Waals surface area contributed by atoms with Crippen LogP contribution in [-0.4, -0.2) is 82.9 Å². The third kappa shape index (κ3) is 4.87. The number of likely N-dealkylation sites (tertiary alicyclic amines) is 1. The molecule has 2 atom stereocenters. The number of carbonyl (C=O) groups is 1. The summed E-state index contributed by atoms with van der Waals surface area (Å²) in [5, 5.41) is 9.61. The normalized spacial score (nSPS) is 25.1. The van der Waals surface area contributed by atoms with Crippen LogP contribution in [0.4, 0.5) is 0 Å². The first-order chi connectivity index (χ1) is 12.2. The van der Waals surface area contributed by atoms with E-state index in [0.29, 0.717) is 19.0 Å². The average molecular weight is 350 g/mol. The molecule has 1 aromatic rings. The summed E-state index contributed by atoms with van der Waals surface area (Å²) in [4.78, 5) is 32.2. The number of aliphatic hydroxyl groups excluding tert-OH is 1. The van der Waals surface area contributed by atoms with Gasteiger partial charge >= 0.3 is 5.69 Å². The van der Waals surface area contributed by atoms with Gasteiger partial charge in [-0.15, -0.1) is 0 Å². The molecule has 138 valence electrons. The number of morpholine rings is 1. The summed E-state index contributed by atoms with van der Waals surface area (Å²) in [6, 6.07) is 1.64. The van der Waals surface area contributed by atoms with Crippen LogP contribution >= 0.6 is 0 Å². The van der Waals surface area contributed by atoms with Crippen LogP contribution in [0.1, 0.15) is 6.42 Å². The van der Waals surface area contributed by atoms with E-state index in [1.54, 1.807) is 17.2 Å². The molecule has 1 amide bonds. The van der Waals surface area contributed by atoms with Gasteiger partial charge in [0.05, 0.1) is 13.2 Å². The van der Waals surface area contributed by atoms with E-state index in [1.807, 2.05) is 0 Å². The Kier molecular flexibility index (Phi) is 6.17. The summed E-state index contributed by atoms with van der Waals surface area (Å²) in [7, 11) is 0. The zero-order valence-electron chi connectivity index (χ0n) is 14.4. The van der Waals surface area contributed by atoms with Crippen molar-refractivity contribution in [2.24, 2.45) is 11.8 Å². The molecule has 0 unspecified atom stereocenters. The third-order valence-corrected chi connectivity index (χ3v) is 4.94. The monoisotopic (exact) mass is 350 g/mol. The Bertz CT molecular complexity index is 629. The number of hydrogen-bond acceptors (Lipinski definition) is 6. The SMILES string of the molecule is O=C(Cn1cccnc1=O)N1C[C@@H](CN2CCOCC2)C[C@H](CO)C1. The summed E-state index contributed by atoms with van der Waals surface area (Å²) < 4.78 is 6.70. The van der Waals surface area contributed by atoms with Gasteiger partial charge in [0, 0.05) is 51.7 Å². The molecule has 2 saturated heterocycles. The lowest BCUT2D eigenvalue weighted by atomic mass is 9.89. The molecule has 0 aromatic carbocycles. The lowest BCUT2D eigenvalue weighted by Crippen LogP contribution is -2.50. The van der Waals surface area contributed by atoms with Crippen LogP contribution in [0.5, 0.6) is 0 Å². The molecule has 8 nitrogen and oxygen atoms in total. The second-order valence-electron chi connectivity index (χ2n) is 6.89. The molecule has 2 fully saturated rings. The summed E-state index contributed by atoms with van der Waals surface area (Å²) in [6.45, 7) is 5.54. The van der Waals surface area contributed by atoms with Crippen molar-refractivity contribution in [3.05, 3.63) is 28.9 Å². The molecule has 8 heteroatoms. The molecule has 25 heavy (non-hydrogen) atoms. The highest BCUT2D eigenvalue weighted by molar-refractivity contribution is 5.76. The van der Waals surface area contributed by atoms with E-state index in [1.165, 1.54) is 10.8 Å². The maximum absolute atomic E-state index is 12.6. The summed E-state index contributed by atoms with van der Waals surface area (Å²) in [6.07, 6.45) is 3.92. The molecule has 0 bridgehead atoms. The van der Waals surface area contributed by atoms with E-state index in [0.717, 1.165) is 39.3 Å². The highest BCUT2D eigenvalue weighted by atomic mass is 16.5. The van der Waals surface area contributed by atoms with Crippen LogP contribution in [0, 0.1) is 11.8 Å². The number of ether oxygens (including phenoxy) is 1. The van der Waals surface area contributed by atoms with E-state index < -0.39 is 5.69 Å². The molecule has 2 aliphatic heterocycles. The Morgan fingerprint density at radius 1 is 1.28 bits per heavy atom. The van der Waals surface area contributed by atoms with Gasteiger partial charge in [-0.1, -0.05) is 0 Å². The molecule has 1 aromatic heterocycles. The maximum atomic E-state index is 12.6. The van der Waals surface area contributed by atoms with Gasteiger partial charge < -0.3 is 14.7 Å². The Balaban J connectivity index is 1.62. The number of aliphatic hydroxyl groups is 1. The van der Waals surface area contributed by atoms with Crippen molar-refractivity contribution in [2.75, 3.05) is 52.5 Å². The van der Waals surface area contributed by atoms with Gasteiger partial charge in [0.1, 0.15) is 6.54 Å². The number of rotatable bonds is 5. The second kappa shape index (κ2) is 8.55. The number of carbonyl (C=O) groups excluding carboxylic acids is 1. The van der Waals surface area contributed by atoms with E-state index in [4.69, 9.17) is 4.74 Å². The van der Waals surface area contributed by atoms with Crippen LogP contribution in [0.15, 0.2) is 23.3 Å². The van der Waals surface area contributed by atoms with Gasteiger partial charge in [-0.3, -0.25) is 14.3 Å². The van der Waals surface area contributed by atoms with Crippen LogP contribution in [0.3, 0.4) is 0 Å². The lowest BCUT2D eigenvalue weighted by Gasteiger charge is -2.40. The summed E-state index contributed by atoms with van der Waals surface area (Å²) >= 11 is 0. The summed E-state index contributed by atoms with van der Waals surface area (Å²) in [5.74, 6) is 0.327. The van der Waals surface area contributed by atoms with E-state index in [-0.39, 0.29) is 25.0 Å². The van der Waals surface area contributed by atoms with E-state index in [2.05, 4.69) is 9.88 Å². The van der Waals surface area contributed by atoms with E-state index >= 15 is 0 Å². The Labute approximate surface area is 147 Å². The van der Waals surface area contributed by atoms with Gasteiger partial charge in [0.25, 0.3) is 0 Å². The molecule has 0 saturated carbocycles. The molecule has 3 heterocycles. The highest BCUT2D eigenvalue weighted by Crippen LogP contribution is 2.23. The second-order valence-corrected chi connectivity index (χ2v) is 6.89. The zero-order chi connectivity index (χ0) is 17.6. The zero-order valence-corrected chi connectivity index (χ0v) is 14.4. The minimum atomic E-state index is -0.420. The van der Waals surface area contributed by atoms with Crippen LogP contribution in [0.25, 0.3) is 0 Å². The number of piperidine rings is 1. The smallest absolute Gasteiger partial charge is 0.347 e. The van der Waals surface area contributed by atoms with Crippen LogP contribution in [0.2, 0.25) is 0 Å². The molecular formula is C17H26N4O4. The van der Waals surface area contributed by atoms with Gasteiger partial charge in [0.2, 0.25) is 5.91 Å². The predicted octanol–water partition coefficient (Wildman–Crippen LogP) is -0.967. The molecular weight excluding hydrogens is 324 g/mol. The summed E-state index contributed by atoms with van der Waals surface area (Å²) in [5.41, 5.74) is -0.420. The molecule has 0 spiro atoms. The Morgan fingerprint density at radius 2 is 2.04 bits per heavy atom. The third-order valence-electron chi connectivity index (χ3n) is 4.94. The van der Waals surface area contributed by atoms with Crippen molar-refractivity contribution in [3.8, 4) is 0 Å². The fourth-order valence-electron chi connectivity index (χ4n) is 3.69.